The fourth-order valence-electron chi connectivity index (χ4n) is 2.25. The molecule has 0 fully saturated rings. The van der Waals surface area contributed by atoms with Gasteiger partial charge in [-0.15, -0.1) is 0 Å². The van der Waals surface area contributed by atoms with Gasteiger partial charge < -0.3 is 9.15 Å². The van der Waals surface area contributed by atoms with E-state index in [1.54, 1.807) is 0 Å². The molecule has 7 heteroatoms. The third kappa shape index (κ3) is 2.92. The van der Waals surface area contributed by atoms with Crippen molar-refractivity contribution >= 4 is 27.6 Å². The van der Waals surface area contributed by atoms with E-state index in [2.05, 4.69) is 4.98 Å². The zero-order valence-electron chi connectivity index (χ0n) is 13.5. The quantitative estimate of drug-likeness (QED) is 0.413. The first-order valence-electron chi connectivity index (χ1n) is 7.39. The van der Waals surface area contributed by atoms with Gasteiger partial charge in [0.1, 0.15) is 5.58 Å². The number of ether oxygens (including phenoxy) is 1. The Morgan fingerprint density at radius 3 is 2.67 bits per heavy atom. The summed E-state index contributed by atoms with van der Waals surface area (Å²) in [5, 5.41) is 11.3. The number of benzene rings is 1. The highest BCUT2D eigenvalue weighted by Gasteiger charge is 2.18. The van der Waals surface area contributed by atoms with Crippen LogP contribution in [-0.2, 0) is 0 Å². The van der Waals surface area contributed by atoms with E-state index in [1.165, 1.54) is 30.5 Å². The van der Waals surface area contributed by atoms with Crippen LogP contribution in [0.25, 0.3) is 21.9 Å². The highest BCUT2D eigenvalue weighted by molar-refractivity contribution is 5.92. The molecule has 0 N–H and O–H groups in total. The molecule has 3 rings (SSSR count). The first kappa shape index (κ1) is 15.9. The maximum atomic E-state index is 12.7. The van der Waals surface area contributed by atoms with Crippen molar-refractivity contribution in [2.24, 2.45) is 5.41 Å². The molecule has 0 atom stereocenters. The summed E-state index contributed by atoms with van der Waals surface area (Å²) in [6.07, 6.45) is 1.46. The Balaban J connectivity index is 2.21. The Bertz CT molecular complexity index is 1000. The molecule has 124 valence electrons. The van der Waals surface area contributed by atoms with Crippen molar-refractivity contribution in [1.29, 1.82) is 0 Å². The summed E-state index contributed by atoms with van der Waals surface area (Å²) in [5.41, 5.74) is -0.0908. The van der Waals surface area contributed by atoms with Gasteiger partial charge >= 0.3 is 0 Å². The number of hydrogen-bond donors (Lipinski definition) is 0. The number of nitro benzene ring substituents is 1. The van der Waals surface area contributed by atoms with Crippen LogP contribution in [-0.4, -0.2) is 16.5 Å². The Kier molecular flexibility index (Phi) is 3.71. The predicted octanol–water partition coefficient (Wildman–Crippen LogP) is 3.67. The minimum Gasteiger partial charge on any atom is -0.474 e. The van der Waals surface area contributed by atoms with Gasteiger partial charge in [0.2, 0.25) is 11.0 Å². The molecule has 0 amide bonds. The van der Waals surface area contributed by atoms with E-state index in [0.717, 1.165) is 0 Å². The van der Waals surface area contributed by atoms with Crippen LogP contribution in [0.2, 0.25) is 0 Å². The average molecular weight is 328 g/mol. The Morgan fingerprint density at radius 1 is 1.25 bits per heavy atom. The maximum absolute atomic E-state index is 12.7. The molecule has 7 nitrogen and oxygen atoms in total. The van der Waals surface area contributed by atoms with Gasteiger partial charge in [0.15, 0.2) is 0 Å². The van der Waals surface area contributed by atoms with Crippen LogP contribution in [0, 0.1) is 15.5 Å². The SMILES string of the molecule is CC(C)(C)COc1nccc2c(=O)c3cc([N+](=O)[O-])ccc3oc12. The number of non-ortho nitro benzene ring substituents is 1. The van der Waals surface area contributed by atoms with E-state index < -0.39 is 4.92 Å². The molecule has 1 aromatic carbocycles. The largest absolute Gasteiger partial charge is 0.474 e. The zero-order chi connectivity index (χ0) is 17.5. The summed E-state index contributed by atoms with van der Waals surface area (Å²) in [7, 11) is 0. The molecule has 0 aliphatic rings. The summed E-state index contributed by atoms with van der Waals surface area (Å²) in [5.74, 6) is 0.236. The molecule has 0 spiro atoms. The van der Waals surface area contributed by atoms with Crippen molar-refractivity contribution in [3.63, 3.8) is 0 Å². The van der Waals surface area contributed by atoms with Crippen molar-refractivity contribution < 1.29 is 14.1 Å². The highest BCUT2D eigenvalue weighted by atomic mass is 16.6. The summed E-state index contributed by atoms with van der Waals surface area (Å²) in [6.45, 7) is 6.45. The molecular weight excluding hydrogens is 312 g/mol. The molecule has 2 heterocycles. The van der Waals surface area contributed by atoms with Crippen LogP contribution >= 0.6 is 0 Å². The molecule has 0 radical (unpaired) electrons. The smallest absolute Gasteiger partial charge is 0.270 e. The molecule has 0 saturated carbocycles. The van der Waals surface area contributed by atoms with E-state index >= 15 is 0 Å². The zero-order valence-corrected chi connectivity index (χ0v) is 13.5. The standard InChI is InChI=1S/C17H16N2O5/c1-17(2,3)9-23-16-15-11(6-7-18-16)14(20)12-8-10(19(21)22)4-5-13(12)24-15/h4-8H,9H2,1-3H3. The average Bonchev–Trinajstić information content (AvgIpc) is 2.52. The predicted molar refractivity (Wildman–Crippen MR) is 89.4 cm³/mol. The number of nitrogens with zero attached hydrogens (tertiary/aromatic N) is 2. The molecular formula is C17H16N2O5. The van der Waals surface area contributed by atoms with Gasteiger partial charge in [0.05, 0.1) is 22.3 Å². The molecule has 0 unspecified atom stereocenters. The van der Waals surface area contributed by atoms with Crippen LogP contribution in [0.3, 0.4) is 0 Å². The number of aromatic nitrogens is 1. The second-order valence-corrected chi connectivity index (χ2v) is 6.71. The van der Waals surface area contributed by atoms with Crippen LogP contribution < -0.4 is 10.2 Å². The first-order valence-corrected chi connectivity index (χ1v) is 7.39. The highest BCUT2D eigenvalue weighted by Crippen LogP contribution is 2.28. The fraction of sp³-hybridized carbons (Fsp3) is 0.294. The minimum atomic E-state index is -0.548. The topological polar surface area (TPSA) is 95.5 Å². The third-order valence-electron chi connectivity index (χ3n) is 3.39. The Labute approximate surface area is 137 Å². The summed E-state index contributed by atoms with van der Waals surface area (Å²) < 4.78 is 11.4. The lowest BCUT2D eigenvalue weighted by Gasteiger charge is -2.18. The number of fused-ring (bicyclic) bond motifs is 2. The number of pyridine rings is 1. The van der Waals surface area contributed by atoms with Crippen LogP contribution in [0.1, 0.15) is 20.8 Å². The van der Waals surface area contributed by atoms with Crippen molar-refractivity contribution in [2.45, 2.75) is 20.8 Å². The third-order valence-corrected chi connectivity index (χ3v) is 3.39. The summed E-state index contributed by atoms with van der Waals surface area (Å²) in [4.78, 5) is 27.1. The molecule has 0 bridgehead atoms. The molecule has 3 aromatic rings. The molecule has 2 aromatic heterocycles. The van der Waals surface area contributed by atoms with Gasteiger partial charge in [-0.3, -0.25) is 14.9 Å². The van der Waals surface area contributed by atoms with Gasteiger partial charge in [-0.05, 0) is 17.5 Å². The maximum Gasteiger partial charge on any atom is 0.270 e. The Morgan fingerprint density at radius 2 is 2.00 bits per heavy atom. The fourth-order valence-corrected chi connectivity index (χ4v) is 2.25. The number of hydrogen-bond acceptors (Lipinski definition) is 6. The number of rotatable bonds is 3. The van der Waals surface area contributed by atoms with E-state index in [4.69, 9.17) is 9.15 Å². The number of nitro groups is 1. The van der Waals surface area contributed by atoms with E-state index in [1.807, 2.05) is 20.8 Å². The van der Waals surface area contributed by atoms with Crippen molar-refractivity contribution in [1.82, 2.24) is 4.98 Å². The van der Waals surface area contributed by atoms with Crippen molar-refractivity contribution in [3.05, 3.63) is 50.8 Å². The van der Waals surface area contributed by atoms with Crippen LogP contribution in [0.4, 0.5) is 5.69 Å². The van der Waals surface area contributed by atoms with Crippen molar-refractivity contribution in [2.75, 3.05) is 6.61 Å². The van der Waals surface area contributed by atoms with Gasteiger partial charge in [-0.1, -0.05) is 20.8 Å². The second kappa shape index (κ2) is 5.59. The first-order chi connectivity index (χ1) is 11.3. The molecule has 0 aliphatic carbocycles. The Hall–Kier alpha value is -2.96. The molecule has 0 saturated heterocycles. The monoisotopic (exact) mass is 328 g/mol. The molecule has 24 heavy (non-hydrogen) atoms. The molecule has 0 aliphatic heterocycles. The van der Waals surface area contributed by atoms with Crippen molar-refractivity contribution in [3.8, 4) is 5.88 Å². The van der Waals surface area contributed by atoms with Gasteiger partial charge in [0.25, 0.3) is 11.6 Å². The lowest BCUT2D eigenvalue weighted by Crippen LogP contribution is -2.17. The van der Waals surface area contributed by atoms with E-state index in [9.17, 15) is 14.9 Å². The lowest BCUT2D eigenvalue weighted by atomic mass is 9.99. The summed E-state index contributed by atoms with van der Waals surface area (Å²) in [6, 6.07) is 5.44. The van der Waals surface area contributed by atoms with Crippen LogP contribution in [0.15, 0.2) is 39.7 Å². The van der Waals surface area contributed by atoms with Crippen LogP contribution in [0.5, 0.6) is 5.88 Å². The minimum absolute atomic E-state index is 0.0817. The van der Waals surface area contributed by atoms with Gasteiger partial charge in [0, 0.05) is 18.3 Å². The van der Waals surface area contributed by atoms with E-state index in [-0.39, 0.29) is 44.3 Å². The second-order valence-electron chi connectivity index (χ2n) is 6.71. The summed E-state index contributed by atoms with van der Waals surface area (Å²) >= 11 is 0. The van der Waals surface area contributed by atoms with Gasteiger partial charge in [-0.2, -0.15) is 0 Å². The van der Waals surface area contributed by atoms with E-state index in [0.29, 0.717) is 6.61 Å². The van der Waals surface area contributed by atoms with Gasteiger partial charge in [-0.25, -0.2) is 4.98 Å². The lowest BCUT2D eigenvalue weighted by molar-refractivity contribution is -0.384. The normalized spacial score (nSPS) is 11.8.